The van der Waals surface area contributed by atoms with Gasteiger partial charge in [0.25, 0.3) is 0 Å². The molecule has 7 heteroatoms. The Hall–Kier alpha value is -2.47. The van der Waals surface area contributed by atoms with Gasteiger partial charge in [-0.15, -0.1) is 0 Å². The summed E-state index contributed by atoms with van der Waals surface area (Å²) in [4.78, 5) is 28.5. The lowest BCUT2D eigenvalue weighted by Crippen LogP contribution is -2.35. The molecule has 0 atom stereocenters. The van der Waals surface area contributed by atoms with Gasteiger partial charge in [0.05, 0.1) is 6.04 Å². The molecule has 0 amide bonds. The molecule has 1 aliphatic heterocycles. The van der Waals surface area contributed by atoms with E-state index >= 15 is 0 Å². The van der Waals surface area contributed by atoms with Crippen LogP contribution in [0.4, 0.5) is 17.2 Å². The quantitative estimate of drug-likeness (QED) is 0.486. The zero-order valence-corrected chi connectivity index (χ0v) is 14.7. The first-order valence-corrected chi connectivity index (χ1v) is 8.56. The van der Waals surface area contributed by atoms with Gasteiger partial charge in [0.2, 0.25) is 0 Å². The number of hydrogen-bond acceptors (Lipinski definition) is 6. The summed E-state index contributed by atoms with van der Waals surface area (Å²) < 4.78 is 0. The third-order valence-corrected chi connectivity index (χ3v) is 4.49. The first-order valence-electron chi connectivity index (χ1n) is 8.18. The van der Waals surface area contributed by atoms with Crippen molar-refractivity contribution in [2.24, 2.45) is 5.18 Å². The van der Waals surface area contributed by atoms with Crippen LogP contribution in [0.25, 0.3) is 0 Å². The number of rotatable bonds is 5. The van der Waals surface area contributed by atoms with Crippen LogP contribution in [0.1, 0.15) is 30.1 Å². The van der Waals surface area contributed by atoms with Crippen molar-refractivity contribution in [3.05, 3.63) is 52.0 Å². The second-order valence-corrected chi connectivity index (χ2v) is 6.51. The number of nitroso groups, excluding NO2 is 1. The average Bonchev–Trinajstić information content (AvgIpc) is 2.62. The molecule has 0 bridgehead atoms. The van der Waals surface area contributed by atoms with Crippen LogP contribution < -0.4 is 10.2 Å². The standard InChI is InChI=1S/C18H19ClN4O2/c1-12(24)13-2-4-14(5-3-13)20-16-10-17(19)21-18(11-16)23-8-6-15(22-25)7-9-23/h2-5,10-11,15H,6-9H2,1H3,(H,20,21). The third kappa shape index (κ3) is 4.33. The van der Waals surface area contributed by atoms with Crippen molar-refractivity contribution in [3.63, 3.8) is 0 Å². The normalized spacial score (nSPS) is 15.0. The second-order valence-electron chi connectivity index (χ2n) is 6.12. The van der Waals surface area contributed by atoms with E-state index in [0.29, 0.717) is 10.7 Å². The minimum absolute atomic E-state index is 0.0361. The molecular formula is C18H19ClN4O2. The highest BCUT2D eigenvalue weighted by Crippen LogP contribution is 2.27. The molecular weight excluding hydrogens is 340 g/mol. The smallest absolute Gasteiger partial charge is 0.159 e. The van der Waals surface area contributed by atoms with Crippen molar-refractivity contribution in [3.8, 4) is 0 Å². The van der Waals surface area contributed by atoms with E-state index in [9.17, 15) is 9.70 Å². The average molecular weight is 359 g/mol. The van der Waals surface area contributed by atoms with Gasteiger partial charge in [-0.25, -0.2) is 4.98 Å². The molecule has 1 aromatic heterocycles. The maximum absolute atomic E-state index is 11.3. The molecule has 2 heterocycles. The van der Waals surface area contributed by atoms with Gasteiger partial charge >= 0.3 is 0 Å². The molecule has 0 saturated carbocycles. The summed E-state index contributed by atoms with van der Waals surface area (Å²) in [7, 11) is 0. The Morgan fingerprint density at radius 3 is 2.48 bits per heavy atom. The highest BCUT2D eigenvalue weighted by molar-refractivity contribution is 6.29. The molecule has 1 N–H and O–H groups in total. The van der Waals surface area contributed by atoms with Gasteiger partial charge in [0.15, 0.2) is 5.78 Å². The van der Waals surface area contributed by atoms with Crippen LogP contribution in [0.3, 0.4) is 0 Å². The Kier molecular flexibility index (Phi) is 5.28. The van der Waals surface area contributed by atoms with E-state index in [1.54, 1.807) is 25.1 Å². The van der Waals surface area contributed by atoms with Crippen LogP contribution >= 0.6 is 11.6 Å². The van der Waals surface area contributed by atoms with E-state index in [1.165, 1.54) is 0 Å². The molecule has 0 spiro atoms. The SMILES string of the molecule is CC(=O)c1ccc(Nc2cc(Cl)nc(N3CCC(N=O)CC3)c2)cc1. The van der Waals surface area contributed by atoms with Crippen molar-refractivity contribution >= 4 is 34.6 Å². The molecule has 1 fully saturated rings. The zero-order chi connectivity index (χ0) is 17.8. The largest absolute Gasteiger partial charge is 0.356 e. The zero-order valence-electron chi connectivity index (χ0n) is 13.9. The molecule has 6 nitrogen and oxygen atoms in total. The van der Waals surface area contributed by atoms with Crippen LogP contribution in [0.5, 0.6) is 0 Å². The van der Waals surface area contributed by atoms with E-state index in [2.05, 4.69) is 20.4 Å². The Morgan fingerprint density at radius 2 is 1.88 bits per heavy atom. The van der Waals surface area contributed by atoms with Crippen molar-refractivity contribution in [1.82, 2.24) is 4.98 Å². The highest BCUT2D eigenvalue weighted by atomic mass is 35.5. The number of hydrogen-bond donors (Lipinski definition) is 1. The lowest BCUT2D eigenvalue weighted by atomic mass is 10.1. The van der Waals surface area contributed by atoms with Crippen molar-refractivity contribution in [2.45, 2.75) is 25.8 Å². The van der Waals surface area contributed by atoms with Crippen LogP contribution in [-0.2, 0) is 0 Å². The molecule has 1 saturated heterocycles. The number of nitrogens with zero attached hydrogens (tertiary/aromatic N) is 3. The lowest BCUT2D eigenvalue weighted by molar-refractivity contribution is 0.101. The molecule has 25 heavy (non-hydrogen) atoms. The number of carbonyl (C=O) groups is 1. The van der Waals surface area contributed by atoms with Crippen molar-refractivity contribution < 1.29 is 4.79 Å². The second kappa shape index (κ2) is 7.61. The van der Waals surface area contributed by atoms with Gasteiger partial charge in [0.1, 0.15) is 11.0 Å². The monoisotopic (exact) mass is 358 g/mol. The van der Waals surface area contributed by atoms with Gasteiger partial charge in [-0.05, 0) is 50.1 Å². The number of piperidine rings is 1. The van der Waals surface area contributed by atoms with Crippen LogP contribution in [-0.4, -0.2) is 29.9 Å². The topological polar surface area (TPSA) is 74.7 Å². The number of aromatic nitrogens is 1. The van der Waals surface area contributed by atoms with Gasteiger partial charge in [0, 0.05) is 36.1 Å². The fourth-order valence-corrected chi connectivity index (χ4v) is 3.08. The van der Waals surface area contributed by atoms with E-state index in [1.807, 2.05) is 18.2 Å². The molecule has 1 aromatic carbocycles. The Labute approximate surface area is 151 Å². The predicted octanol–water partition coefficient (Wildman–Crippen LogP) is 4.42. The summed E-state index contributed by atoms with van der Waals surface area (Å²) in [5.74, 6) is 0.814. The van der Waals surface area contributed by atoms with Crippen molar-refractivity contribution in [1.29, 1.82) is 0 Å². The molecule has 0 aliphatic carbocycles. The number of benzene rings is 1. The third-order valence-electron chi connectivity index (χ3n) is 4.30. The summed E-state index contributed by atoms with van der Waals surface area (Å²) in [6.07, 6.45) is 1.46. The number of halogens is 1. The summed E-state index contributed by atoms with van der Waals surface area (Å²) in [5.41, 5.74) is 2.36. The van der Waals surface area contributed by atoms with Gasteiger partial charge in [-0.2, -0.15) is 4.91 Å². The maximum atomic E-state index is 11.3. The van der Waals surface area contributed by atoms with E-state index < -0.39 is 0 Å². The Balaban J connectivity index is 1.75. The number of ketones is 1. The molecule has 0 radical (unpaired) electrons. The molecule has 1 aliphatic rings. The minimum atomic E-state index is -0.104. The van der Waals surface area contributed by atoms with Gasteiger partial charge < -0.3 is 10.2 Å². The summed E-state index contributed by atoms with van der Waals surface area (Å²) >= 11 is 6.17. The number of anilines is 3. The van der Waals surface area contributed by atoms with Gasteiger partial charge in [-0.3, -0.25) is 4.79 Å². The molecule has 3 rings (SSSR count). The van der Waals surface area contributed by atoms with Crippen LogP contribution in [0.15, 0.2) is 41.6 Å². The van der Waals surface area contributed by atoms with E-state index in [4.69, 9.17) is 11.6 Å². The Morgan fingerprint density at radius 1 is 1.20 bits per heavy atom. The summed E-state index contributed by atoms with van der Waals surface area (Å²) in [5, 5.41) is 6.80. The fourth-order valence-electron chi connectivity index (χ4n) is 2.87. The van der Waals surface area contributed by atoms with Gasteiger partial charge in [-0.1, -0.05) is 16.8 Å². The van der Waals surface area contributed by atoms with E-state index in [-0.39, 0.29) is 11.8 Å². The summed E-state index contributed by atoms with van der Waals surface area (Å²) in [6.45, 7) is 3.01. The lowest BCUT2D eigenvalue weighted by Gasteiger charge is -2.30. The first-order chi connectivity index (χ1) is 12.0. The number of pyridine rings is 1. The maximum Gasteiger partial charge on any atom is 0.159 e. The fraction of sp³-hybridized carbons (Fsp3) is 0.333. The molecule has 2 aromatic rings. The highest BCUT2D eigenvalue weighted by Gasteiger charge is 2.21. The Bertz CT molecular complexity index is 771. The number of Topliss-reactive ketones (excluding diaryl/α,β-unsaturated/α-hetero) is 1. The molecule has 130 valence electrons. The first kappa shape index (κ1) is 17.4. The van der Waals surface area contributed by atoms with Crippen molar-refractivity contribution in [2.75, 3.05) is 23.3 Å². The minimum Gasteiger partial charge on any atom is -0.356 e. The predicted molar refractivity (Wildman–Crippen MR) is 100 cm³/mol. The van der Waals surface area contributed by atoms with E-state index in [0.717, 1.165) is 43.1 Å². The molecule has 0 unspecified atom stereocenters. The number of nitrogens with one attached hydrogen (secondary N) is 1. The number of carbonyl (C=O) groups excluding carboxylic acids is 1. The van der Waals surface area contributed by atoms with Crippen LogP contribution in [0, 0.1) is 4.91 Å². The van der Waals surface area contributed by atoms with Crippen LogP contribution in [0.2, 0.25) is 5.15 Å². The summed E-state index contributed by atoms with van der Waals surface area (Å²) in [6, 6.07) is 10.9.